The molecule has 0 aliphatic rings. The first-order valence-corrected chi connectivity index (χ1v) is 5.54. The van der Waals surface area contributed by atoms with Gasteiger partial charge in [0.05, 0.1) is 0 Å². The van der Waals surface area contributed by atoms with E-state index in [4.69, 9.17) is 0 Å². The quantitative estimate of drug-likeness (QED) is 0.856. The summed E-state index contributed by atoms with van der Waals surface area (Å²) in [5.74, 6) is -13.1. The van der Waals surface area contributed by atoms with Crippen molar-refractivity contribution < 1.29 is 40.1 Å². The van der Waals surface area contributed by atoms with Crippen LogP contribution in [0.5, 0.6) is 0 Å². The standard InChI is InChI=1S/C10H10F7N3O2/c1-20(2)7(21)18-6-3-5(22-19-6)10(16,17)8(11,12)4-9(13,14)15/h3H,4H2,1-2H3,(H,18,19,21). The first-order valence-electron chi connectivity index (χ1n) is 5.54. The Morgan fingerprint density at radius 1 is 1.23 bits per heavy atom. The lowest BCUT2D eigenvalue weighted by Crippen LogP contribution is -2.41. The molecule has 0 aromatic carbocycles. The lowest BCUT2D eigenvalue weighted by atomic mass is 10.1. The molecule has 0 atom stereocenters. The molecule has 1 heterocycles. The lowest BCUT2D eigenvalue weighted by Gasteiger charge is -2.24. The van der Waals surface area contributed by atoms with E-state index in [-0.39, 0.29) is 6.07 Å². The minimum atomic E-state index is -5.51. The Morgan fingerprint density at radius 3 is 2.23 bits per heavy atom. The van der Waals surface area contributed by atoms with Crippen LogP contribution < -0.4 is 5.32 Å². The molecule has 0 fully saturated rings. The maximum Gasteiger partial charge on any atom is 0.395 e. The van der Waals surface area contributed by atoms with Gasteiger partial charge in [0, 0.05) is 20.2 Å². The number of urea groups is 1. The highest BCUT2D eigenvalue weighted by atomic mass is 19.4. The molecule has 0 radical (unpaired) electrons. The molecule has 0 spiro atoms. The van der Waals surface area contributed by atoms with E-state index in [9.17, 15) is 35.5 Å². The normalized spacial score (nSPS) is 13.1. The molecule has 0 bridgehead atoms. The summed E-state index contributed by atoms with van der Waals surface area (Å²) in [6, 6.07) is -0.601. The van der Waals surface area contributed by atoms with Gasteiger partial charge in [-0.25, -0.2) is 4.79 Å². The number of aromatic nitrogens is 1. The van der Waals surface area contributed by atoms with Gasteiger partial charge in [-0.3, -0.25) is 5.32 Å². The monoisotopic (exact) mass is 337 g/mol. The number of hydrogen-bond acceptors (Lipinski definition) is 3. The largest absolute Gasteiger partial charge is 0.395 e. The molecule has 5 nitrogen and oxygen atoms in total. The van der Waals surface area contributed by atoms with Gasteiger partial charge in [-0.15, -0.1) is 0 Å². The summed E-state index contributed by atoms with van der Waals surface area (Å²) in [6.07, 6.45) is -8.54. The second kappa shape index (κ2) is 5.65. The maximum absolute atomic E-state index is 13.5. The van der Waals surface area contributed by atoms with Crippen molar-refractivity contribution in [3.05, 3.63) is 11.8 Å². The van der Waals surface area contributed by atoms with Crippen LogP contribution in [0.25, 0.3) is 0 Å². The second-order valence-electron chi connectivity index (χ2n) is 4.47. The number of halogens is 7. The van der Waals surface area contributed by atoms with Crippen molar-refractivity contribution in [1.82, 2.24) is 10.1 Å². The lowest BCUT2D eigenvalue weighted by molar-refractivity contribution is -0.275. The van der Waals surface area contributed by atoms with Crippen molar-refractivity contribution in [2.75, 3.05) is 19.4 Å². The van der Waals surface area contributed by atoms with Crippen molar-refractivity contribution in [2.24, 2.45) is 0 Å². The maximum atomic E-state index is 13.5. The number of carbonyl (C=O) groups is 1. The molecule has 0 unspecified atom stereocenters. The number of nitrogens with zero attached hydrogens (tertiary/aromatic N) is 2. The van der Waals surface area contributed by atoms with Gasteiger partial charge in [-0.05, 0) is 0 Å². The molecular weight excluding hydrogens is 327 g/mol. The molecule has 22 heavy (non-hydrogen) atoms. The molecule has 1 aromatic heterocycles. The Bertz CT molecular complexity index is 539. The van der Waals surface area contributed by atoms with Crippen LogP contribution in [0, 0.1) is 0 Å². The van der Waals surface area contributed by atoms with Crippen molar-refractivity contribution in [1.29, 1.82) is 0 Å². The van der Waals surface area contributed by atoms with Gasteiger partial charge in [-0.1, -0.05) is 5.16 Å². The molecule has 126 valence electrons. The fourth-order valence-corrected chi connectivity index (χ4v) is 1.25. The predicted octanol–water partition coefficient (Wildman–Crippen LogP) is 3.45. The fraction of sp³-hybridized carbons (Fsp3) is 0.600. The first-order chi connectivity index (χ1) is 9.76. The highest BCUT2D eigenvalue weighted by Gasteiger charge is 2.64. The predicted molar refractivity (Wildman–Crippen MR) is 58.7 cm³/mol. The van der Waals surface area contributed by atoms with Gasteiger partial charge in [-0.2, -0.15) is 30.7 Å². The topological polar surface area (TPSA) is 58.4 Å². The molecule has 1 aromatic rings. The molecule has 0 saturated heterocycles. The summed E-state index contributed by atoms with van der Waals surface area (Å²) in [5, 5.41) is 4.80. The molecule has 1 N–H and O–H groups in total. The SMILES string of the molecule is CN(C)C(=O)Nc1cc(C(F)(F)C(F)(F)CC(F)(F)F)on1. The zero-order valence-corrected chi connectivity index (χ0v) is 11.1. The third kappa shape index (κ3) is 4.01. The smallest absolute Gasteiger partial charge is 0.352 e. The van der Waals surface area contributed by atoms with E-state index in [1.807, 2.05) is 5.32 Å². The third-order valence-corrected chi connectivity index (χ3v) is 2.34. The van der Waals surface area contributed by atoms with E-state index in [0.717, 1.165) is 4.90 Å². The van der Waals surface area contributed by atoms with Crippen LogP contribution in [0.4, 0.5) is 41.3 Å². The highest BCUT2D eigenvalue weighted by molar-refractivity contribution is 5.87. The van der Waals surface area contributed by atoms with Crippen molar-refractivity contribution in [3.8, 4) is 0 Å². The number of amides is 2. The van der Waals surface area contributed by atoms with Crippen LogP contribution in [0.3, 0.4) is 0 Å². The summed E-state index contributed by atoms with van der Waals surface area (Å²) in [7, 11) is 2.59. The van der Waals surface area contributed by atoms with E-state index in [1.54, 1.807) is 0 Å². The average Bonchev–Trinajstić information content (AvgIpc) is 2.74. The third-order valence-electron chi connectivity index (χ3n) is 2.34. The molecule has 1 rings (SSSR count). The summed E-state index contributed by atoms with van der Waals surface area (Å²) >= 11 is 0. The van der Waals surface area contributed by atoms with E-state index in [2.05, 4.69) is 9.68 Å². The number of rotatable bonds is 4. The number of carbonyl (C=O) groups excluding carboxylic acids is 1. The zero-order chi connectivity index (χ0) is 17.3. The van der Waals surface area contributed by atoms with Crippen molar-refractivity contribution >= 4 is 11.8 Å². The van der Waals surface area contributed by atoms with Gasteiger partial charge in [0.2, 0.25) is 5.76 Å². The number of hydrogen-bond donors (Lipinski definition) is 1. The molecular formula is C10H10F7N3O2. The molecule has 0 aliphatic heterocycles. The van der Waals surface area contributed by atoms with Gasteiger partial charge in [0.25, 0.3) is 0 Å². The molecule has 2 amide bonds. The number of nitrogens with one attached hydrogen (secondary N) is 1. The van der Waals surface area contributed by atoms with Gasteiger partial charge >= 0.3 is 24.1 Å². The van der Waals surface area contributed by atoms with Crippen LogP contribution >= 0.6 is 0 Å². The summed E-state index contributed by atoms with van der Waals surface area (Å²) in [6.45, 7) is 0. The Morgan fingerprint density at radius 2 is 1.77 bits per heavy atom. The van der Waals surface area contributed by atoms with Gasteiger partial charge in [0.15, 0.2) is 5.82 Å². The van der Waals surface area contributed by atoms with Crippen molar-refractivity contribution in [2.45, 2.75) is 24.4 Å². The highest BCUT2D eigenvalue weighted by Crippen LogP contribution is 2.48. The second-order valence-corrected chi connectivity index (χ2v) is 4.47. The number of alkyl halides is 7. The van der Waals surface area contributed by atoms with Crippen LogP contribution in [-0.4, -0.2) is 42.3 Å². The van der Waals surface area contributed by atoms with E-state index < -0.39 is 42.1 Å². The molecule has 0 saturated carbocycles. The zero-order valence-electron chi connectivity index (χ0n) is 11.1. The Balaban J connectivity index is 2.99. The summed E-state index contributed by atoms with van der Waals surface area (Å²) in [4.78, 5) is 12.2. The minimum Gasteiger partial charge on any atom is -0.352 e. The van der Waals surface area contributed by atoms with E-state index in [1.165, 1.54) is 14.1 Å². The molecule has 0 aliphatic carbocycles. The average molecular weight is 337 g/mol. The minimum absolute atomic E-state index is 0.228. The fourth-order valence-electron chi connectivity index (χ4n) is 1.25. The number of anilines is 1. The summed E-state index contributed by atoms with van der Waals surface area (Å²) in [5.41, 5.74) is 0. The molecule has 12 heteroatoms. The Hall–Kier alpha value is -2.01. The van der Waals surface area contributed by atoms with Crippen LogP contribution in [-0.2, 0) is 5.92 Å². The van der Waals surface area contributed by atoms with Crippen molar-refractivity contribution in [3.63, 3.8) is 0 Å². The van der Waals surface area contributed by atoms with Gasteiger partial charge in [0.1, 0.15) is 6.42 Å². The Kier molecular flexibility index (Phi) is 4.63. The van der Waals surface area contributed by atoms with Crippen LogP contribution in [0.1, 0.15) is 12.2 Å². The van der Waals surface area contributed by atoms with E-state index >= 15 is 0 Å². The Labute approximate surface area is 119 Å². The van der Waals surface area contributed by atoms with Crippen LogP contribution in [0.2, 0.25) is 0 Å². The van der Waals surface area contributed by atoms with Crippen LogP contribution in [0.15, 0.2) is 10.6 Å². The van der Waals surface area contributed by atoms with E-state index in [0.29, 0.717) is 0 Å². The van der Waals surface area contributed by atoms with Gasteiger partial charge < -0.3 is 9.42 Å². The first kappa shape index (κ1) is 18.0. The summed E-state index contributed by atoms with van der Waals surface area (Å²) < 4.78 is 92.9.